The van der Waals surface area contributed by atoms with Crippen molar-refractivity contribution < 1.29 is 14.3 Å². The van der Waals surface area contributed by atoms with Gasteiger partial charge in [-0.05, 0) is 26.0 Å². The van der Waals surface area contributed by atoms with Gasteiger partial charge in [0.15, 0.2) is 0 Å². The quantitative estimate of drug-likeness (QED) is 0.759. The van der Waals surface area contributed by atoms with Crippen molar-refractivity contribution in [2.45, 2.75) is 26.0 Å². The normalized spacial score (nSPS) is 13.8. The summed E-state index contributed by atoms with van der Waals surface area (Å²) in [5.41, 5.74) is 1.96. The van der Waals surface area contributed by atoms with Crippen molar-refractivity contribution in [3.8, 4) is 0 Å². The Balaban J connectivity index is 2.40. The average molecular weight is 280 g/mol. The minimum Gasteiger partial charge on any atom is -0.382 e. The molecule has 0 bridgehead atoms. The van der Waals surface area contributed by atoms with Crippen LogP contribution in [0.1, 0.15) is 12.5 Å². The number of amides is 1. The van der Waals surface area contributed by atoms with E-state index in [9.17, 15) is 4.79 Å². The van der Waals surface area contributed by atoms with Crippen LogP contribution in [0.4, 0.5) is 5.69 Å². The van der Waals surface area contributed by atoms with Gasteiger partial charge in [-0.1, -0.05) is 17.7 Å². The number of anilines is 1. The lowest BCUT2D eigenvalue weighted by molar-refractivity contribution is -0.117. The molecule has 2 atom stereocenters. The molecule has 0 heterocycles. The van der Waals surface area contributed by atoms with E-state index in [-0.39, 0.29) is 18.1 Å². The zero-order valence-corrected chi connectivity index (χ0v) is 12.6. The summed E-state index contributed by atoms with van der Waals surface area (Å²) >= 11 is 0. The third kappa shape index (κ3) is 5.69. The molecule has 2 unspecified atom stereocenters. The number of hydrogen-bond acceptors (Lipinski definition) is 4. The van der Waals surface area contributed by atoms with Crippen LogP contribution in [0.3, 0.4) is 0 Å². The van der Waals surface area contributed by atoms with Crippen molar-refractivity contribution in [1.29, 1.82) is 0 Å². The molecule has 0 radical (unpaired) electrons. The summed E-state index contributed by atoms with van der Waals surface area (Å²) in [4.78, 5) is 12.0. The van der Waals surface area contributed by atoms with Crippen LogP contribution in [0.5, 0.6) is 0 Å². The Hall–Kier alpha value is -1.43. The predicted molar refractivity (Wildman–Crippen MR) is 79.9 cm³/mol. The van der Waals surface area contributed by atoms with Gasteiger partial charge in [0.1, 0.15) is 0 Å². The summed E-state index contributed by atoms with van der Waals surface area (Å²) in [7, 11) is 3.25. The molecule has 0 fully saturated rings. The first-order chi connectivity index (χ1) is 9.56. The number of ether oxygens (including phenoxy) is 2. The maximum atomic E-state index is 12.0. The molecular weight excluding hydrogens is 256 g/mol. The molecule has 0 aliphatic heterocycles. The largest absolute Gasteiger partial charge is 0.382 e. The van der Waals surface area contributed by atoms with Gasteiger partial charge in [-0.15, -0.1) is 0 Å². The zero-order valence-electron chi connectivity index (χ0n) is 12.6. The second kappa shape index (κ2) is 8.68. The lowest BCUT2D eigenvalue weighted by atomic mass is 10.2. The molecule has 1 aromatic rings. The van der Waals surface area contributed by atoms with Crippen LogP contribution in [0.15, 0.2) is 24.3 Å². The second-order valence-corrected chi connectivity index (χ2v) is 4.80. The van der Waals surface area contributed by atoms with Crippen LogP contribution in [-0.2, 0) is 14.3 Å². The van der Waals surface area contributed by atoms with E-state index in [4.69, 9.17) is 9.47 Å². The highest BCUT2D eigenvalue weighted by Crippen LogP contribution is 2.08. The molecule has 0 aliphatic rings. The Morgan fingerprint density at radius 3 is 2.45 bits per heavy atom. The third-order valence-corrected chi connectivity index (χ3v) is 3.05. The van der Waals surface area contributed by atoms with Gasteiger partial charge in [0.05, 0.1) is 18.8 Å². The number of nitrogens with one attached hydrogen (secondary N) is 2. The highest BCUT2D eigenvalue weighted by Gasteiger charge is 2.15. The van der Waals surface area contributed by atoms with Crippen molar-refractivity contribution in [2.24, 2.45) is 0 Å². The summed E-state index contributed by atoms with van der Waals surface area (Å²) < 4.78 is 10.3. The van der Waals surface area contributed by atoms with Crippen molar-refractivity contribution >= 4 is 11.6 Å². The van der Waals surface area contributed by atoms with Gasteiger partial charge in [-0.3, -0.25) is 4.79 Å². The highest BCUT2D eigenvalue weighted by molar-refractivity contribution is 5.94. The molecule has 0 aliphatic carbocycles. The Morgan fingerprint density at radius 1 is 1.25 bits per heavy atom. The first-order valence-electron chi connectivity index (χ1n) is 6.69. The van der Waals surface area contributed by atoms with E-state index in [0.29, 0.717) is 13.2 Å². The van der Waals surface area contributed by atoms with E-state index < -0.39 is 0 Å². The van der Waals surface area contributed by atoms with Crippen LogP contribution in [0.25, 0.3) is 0 Å². The van der Waals surface area contributed by atoms with Crippen LogP contribution in [0.2, 0.25) is 0 Å². The molecule has 0 saturated heterocycles. The first kappa shape index (κ1) is 16.6. The molecule has 5 nitrogen and oxygen atoms in total. The van der Waals surface area contributed by atoms with Gasteiger partial charge in [0.2, 0.25) is 5.91 Å². The maximum absolute atomic E-state index is 12.0. The highest BCUT2D eigenvalue weighted by atomic mass is 16.5. The third-order valence-electron chi connectivity index (χ3n) is 3.05. The minimum atomic E-state index is -0.300. The van der Waals surface area contributed by atoms with E-state index in [0.717, 1.165) is 11.3 Å². The first-order valence-corrected chi connectivity index (χ1v) is 6.69. The maximum Gasteiger partial charge on any atom is 0.241 e. The molecule has 1 aromatic carbocycles. The molecule has 2 N–H and O–H groups in total. The number of carbonyl (C=O) groups is 1. The summed E-state index contributed by atoms with van der Waals surface area (Å²) in [6, 6.07) is 7.41. The number of hydrogen-bond donors (Lipinski definition) is 2. The van der Waals surface area contributed by atoms with E-state index in [1.165, 1.54) is 0 Å². The van der Waals surface area contributed by atoms with E-state index in [1.807, 2.05) is 38.1 Å². The lowest BCUT2D eigenvalue weighted by Crippen LogP contribution is -2.43. The summed E-state index contributed by atoms with van der Waals surface area (Å²) in [6.45, 7) is 4.89. The number of rotatable bonds is 8. The van der Waals surface area contributed by atoms with Crippen LogP contribution in [0, 0.1) is 6.92 Å². The Morgan fingerprint density at radius 2 is 1.90 bits per heavy atom. The monoisotopic (exact) mass is 280 g/mol. The number of carbonyl (C=O) groups excluding carboxylic acids is 1. The number of methoxy groups -OCH3 is 2. The van der Waals surface area contributed by atoms with E-state index >= 15 is 0 Å². The van der Waals surface area contributed by atoms with Gasteiger partial charge in [0, 0.05) is 26.5 Å². The topological polar surface area (TPSA) is 59.6 Å². The number of benzene rings is 1. The minimum absolute atomic E-state index is 0.0605. The molecule has 0 saturated carbocycles. The van der Waals surface area contributed by atoms with Crippen LogP contribution in [-0.4, -0.2) is 45.4 Å². The van der Waals surface area contributed by atoms with Gasteiger partial charge in [-0.2, -0.15) is 0 Å². The molecular formula is C15H24N2O3. The predicted octanol–water partition coefficient (Wildman–Crippen LogP) is 1.57. The van der Waals surface area contributed by atoms with E-state index in [1.54, 1.807) is 14.2 Å². The van der Waals surface area contributed by atoms with Crippen LogP contribution >= 0.6 is 0 Å². The number of aryl methyl sites for hydroxylation is 1. The molecule has 0 aromatic heterocycles. The average Bonchev–Trinajstić information content (AvgIpc) is 2.45. The molecule has 0 spiro atoms. The summed E-state index contributed by atoms with van der Waals surface area (Å²) in [5, 5.41) is 6.00. The van der Waals surface area contributed by atoms with Gasteiger partial charge < -0.3 is 20.1 Å². The Kier molecular flexibility index (Phi) is 7.22. The SMILES string of the molecule is COCC(CNC(C)C(=O)Nc1ccc(C)cc1)OC. The molecule has 20 heavy (non-hydrogen) atoms. The fourth-order valence-electron chi connectivity index (χ4n) is 1.68. The van der Waals surface area contributed by atoms with Crippen molar-refractivity contribution in [2.75, 3.05) is 32.7 Å². The fraction of sp³-hybridized carbons (Fsp3) is 0.533. The van der Waals surface area contributed by atoms with Crippen molar-refractivity contribution in [1.82, 2.24) is 5.32 Å². The second-order valence-electron chi connectivity index (χ2n) is 4.80. The zero-order chi connectivity index (χ0) is 15.0. The molecule has 1 rings (SSSR count). The summed E-state index contributed by atoms with van der Waals surface area (Å²) in [5.74, 6) is -0.0684. The Bertz CT molecular complexity index is 406. The van der Waals surface area contributed by atoms with Gasteiger partial charge in [-0.25, -0.2) is 0 Å². The van der Waals surface area contributed by atoms with Gasteiger partial charge >= 0.3 is 0 Å². The van der Waals surface area contributed by atoms with Gasteiger partial charge in [0.25, 0.3) is 0 Å². The lowest BCUT2D eigenvalue weighted by Gasteiger charge is -2.19. The van der Waals surface area contributed by atoms with Crippen LogP contribution < -0.4 is 10.6 Å². The fourth-order valence-corrected chi connectivity index (χ4v) is 1.68. The molecule has 1 amide bonds. The smallest absolute Gasteiger partial charge is 0.241 e. The standard InChI is InChI=1S/C15H24N2O3/c1-11-5-7-13(8-6-11)17-15(18)12(2)16-9-14(20-4)10-19-3/h5-8,12,14,16H,9-10H2,1-4H3,(H,17,18). The van der Waals surface area contributed by atoms with Crippen molar-refractivity contribution in [3.05, 3.63) is 29.8 Å². The van der Waals surface area contributed by atoms with Crippen molar-refractivity contribution in [3.63, 3.8) is 0 Å². The van der Waals surface area contributed by atoms with E-state index in [2.05, 4.69) is 10.6 Å². The molecule has 5 heteroatoms. The molecule has 112 valence electrons. The Labute approximate surface area is 120 Å². The summed E-state index contributed by atoms with van der Waals surface area (Å²) in [6.07, 6.45) is -0.0605.